The van der Waals surface area contributed by atoms with Crippen molar-refractivity contribution in [2.24, 2.45) is 0 Å². The number of carbonyl (C=O) groups excluding carboxylic acids is 1. The molecule has 5 heteroatoms. The molecule has 0 bridgehead atoms. The van der Waals surface area contributed by atoms with E-state index in [2.05, 4.69) is 5.32 Å². The molecule has 1 N–H and O–H groups in total. The Hall–Kier alpha value is -3.24. The van der Waals surface area contributed by atoms with E-state index < -0.39 is 0 Å². The second kappa shape index (κ2) is 9.80. The molecule has 0 fully saturated rings. The third-order valence-electron chi connectivity index (χ3n) is 4.32. The molecule has 0 aliphatic carbocycles. The molecule has 3 aromatic rings. The van der Waals surface area contributed by atoms with Crippen LogP contribution >= 0.6 is 11.6 Å². The van der Waals surface area contributed by atoms with Crippen molar-refractivity contribution in [1.29, 1.82) is 0 Å². The molecule has 0 saturated carbocycles. The third-order valence-corrected chi connectivity index (χ3v) is 4.64. The van der Waals surface area contributed by atoms with Gasteiger partial charge in [0.2, 0.25) is 5.91 Å². The number of aryl methyl sites for hydroxylation is 1. The number of nitrogens with one attached hydrogen (secondary N) is 1. The van der Waals surface area contributed by atoms with Gasteiger partial charge in [0.25, 0.3) is 0 Å². The van der Waals surface area contributed by atoms with Crippen LogP contribution in [0.4, 0.5) is 5.69 Å². The fraction of sp³-hybridized carbons (Fsp3) is 0.125. The number of halogens is 1. The zero-order chi connectivity index (χ0) is 20.6. The molecule has 29 heavy (non-hydrogen) atoms. The number of para-hydroxylation sites is 1. The SMILES string of the molecule is COc1cc(/C=C/C(=O)Nc2c(C)cccc2Cl)ccc1OCc1ccccc1. The number of anilines is 1. The summed E-state index contributed by atoms with van der Waals surface area (Å²) in [6.07, 6.45) is 3.17. The van der Waals surface area contributed by atoms with E-state index in [1.165, 1.54) is 6.08 Å². The molecular formula is C24H22ClNO3. The van der Waals surface area contributed by atoms with Gasteiger partial charge in [-0.3, -0.25) is 4.79 Å². The van der Waals surface area contributed by atoms with Crippen LogP contribution in [0.15, 0.2) is 72.8 Å². The van der Waals surface area contributed by atoms with E-state index >= 15 is 0 Å². The summed E-state index contributed by atoms with van der Waals surface area (Å²) in [5.41, 5.74) is 3.41. The van der Waals surface area contributed by atoms with Crippen LogP contribution in [0, 0.1) is 6.92 Å². The van der Waals surface area contributed by atoms with Crippen LogP contribution in [0.1, 0.15) is 16.7 Å². The van der Waals surface area contributed by atoms with Gasteiger partial charge in [0.15, 0.2) is 11.5 Å². The number of amides is 1. The first kappa shape index (κ1) is 20.5. The van der Waals surface area contributed by atoms with Crippen molar-refractivity contribution in [3.8, 4) is 11.5 Å². The maximum Gasteiger partial charge on any atom is 0.248 e. The van der Waals surface area contributed by atoms with E-state index in [0.717, 1.165) is 16.7 Å². The van der Waals surface area contributed by atoms with Gasteiger partial charge in [-0.1, -0.05) is 60.1 Å². The zero-order valence-corrected chi connectivity index (χ0v) is 17.1. The van der Waals surface area contributed by atoms with Crippen molar-refractivity contribution in [2.75, 3.05) is 12.4 Å². The van der Waals surface area contributed by atoms with E-state index in [9.17, 15) is 4.79 Å². The predicted molar refractivity (Wildman–Crippen MR) is 118 cm³/mol. The Kier molecular flexibility index (Phi) is 6.93. The average molecular weight is 408 g/mol. The fourth-order valence-electron chi connectivity index (χ4n) is 2.77. The van der Waals surface area contributed by atoms with E-state index in [0.29, 0.717) is 28.8 Å². The van der Waals surface area contributed by atoms with Crippen molar-refractivity contribution in [3.05, 3.63) is 94.5 Å². The highest BCUT2D eigenvalue weighted by Gasteiger charge is 2.08. The summed E-state index contributed by atoms with van der Waals surface area (Å²) >= 11 is 6.15. The molecule has 0 atom stereocenters. The summed E-state index contributed by atoms with van der Waals surface area (Å²) in [4.78, 5) is 12.3. The van der Waals surface area contributed by atoms with E-state index in [-0.39, 0.29) is 5.91 Å². The number of rotatable bonds is 7. The van der Waals surface area contributed by atoms with Crippen molar-refractivity contribution in [2.45, 2.75) is 13.5 Å². The fourth-order valence-corrected chi connectivity index (χ4v) is 3.04. The van der Waals surface area contributed by atoms with Crippen LogP contribution < -0.4 is 14.8 Å². The third kappa shape index (κ3) is 5.62. The van der Waals surface area contributed by atoms with E-state index in [1.807, 2.05) is 67.6 Å². The summed E-state index contributed by atoms with van der Waals surface area (Å²) < 4.78 is 11.3. The lowest BCUT2D eigenvalue weighted by atomic mass is 10.1. The lowest BCUT2D eigenvalue weighted by molar-refractivity contribution is -0.111. The second-order valence-electron chi connectivity index (χ2n) is 6.44. The van der Waals surface area contributed by atoms with Crippen LogP contribution in [-0.2, 0) is 11.4 Å². The maximum atomic E-state index is 12.3. The van der Waals surface area contributed by atoms with Gasteiger partial charge in [-0.25, -0.2) is 0 Å². The van der Waals surface area contributed by atoms with Gasteiger partial charge in [-0.05, 0) is 47.9 Å². The molecule has 1 amide bonds. The topological polar surface area (TPSA) is 47.6 Å². The van der Waals surface area contributed by atoms with Gasteiger partial charge < -0.3 is 14.8 Å². The minimum atomic E-state index is -0.260. The summed E-state index contributed by atoms with van der Waals surface area (Å²) in [6.45, 7) is 2.34. The van der Waals surface area contributed by atoms with Crippen LogP contribution in [0.2, 0.25) is 5.02 Å². The van der Waals surface area contributed by atoms with Crippen molar-refractivity contribution in [1.82, 2.24) is 0 Å². The Labute approximate surface area is 175 Å². The minimum Gasteiger partial charge on any atom is -0.493 e. The first-order chi connectivity index (χ1) is 14.1. The Morgan fingerprint density at radius 3 is 2.55 bits per heavy atom. The largest absolute Gasteiger partial charge is 0.493 e. The first-order valence-corrected chi connectivity index (χ1v) is 9.53. The maximum absolute atomic E-state index is 12.3. The Bertz CT molecular complexity index is 996. The molecule has 0 spiro atoms. The van der Waals surface area contributed by atoms with Crippen LogP contribution in [0.5, 0.6) is 11.5 Å². The van der Waals surface area contributed by atoms with E-state index in [4.69, 9.17) is 21.1 Å². The molecule has 3 rings (SSSR count). The summed E-state index contributed by atoms with van der Waals surface area (Å²) in [5, 5.41) is 3.32. The molecule has 0 aromatic heterocycles. The Morgan fingerprint density at radius 1 is 1.03 bits per heavy atom. The number of hydrogen-bond acceptors (Lipinski definition) is 3. The van der Waals surface area contributed by atoms with E-state index in [1.54, 1.807) is 19.3 Å². The molecule has 0 aliphatic heterocycles. The lowest BCUT2D eigenvalue weighted by Crippen LogP contribution is -2.09. The van der Waals surface area contributed by atoms with Gasteiger partial charge in [-0.15, -0.1) is 0 Å². The highest BCUT2D eigenvalue weighted by atomic mass is 35.5. The monoisotopic (exact) mass is 407 g/mol. The quantitative estimate of drug-likeness (QED) is 0.497. The predicted octanol–water partition coefficient (Wildman–Crippen LogP) is 5.89. The number of methoxy groups -OCH3 is 1. The lowest BCUT2D eigenvalue weighted by Gasteiger charge is -2.11. The second-order valence-corrected chi connectivity index (χ2v) is 6.85. The van der Waals surface area contributed by atoms with Gasteiger partial charge in [-0.2, -0.15) is 0 Å². The number of carbonyl (C=O) groups is 1. The summed E-state index contributed by atoms with van der Waals surface area (Å²) in [7, 11) is 1.59. The van der Waals surface area contributed by atoms with Crippen LogP contribution in [0.3, 0.4) is 0 Å². The van der Waals surface area contributed by atoms with Gasteiger partial charge in [0.05, 0.1) is 17.8 Å². The van der Waals surface area contributed by atoms with Crippen LogP contribution in [0.25, 0.3) is 6.08 Å². The Balaban J connectivity index is 1.67. The minimum absolute atomic E-state index is 0.260. The van der Waals surface area contributed by atoms with Crippen LogP contribution in [-0.4, -0.2) is 13.0 Å². The molecule has 3 aromatic carbocycles. The summed E-state index contributed by atoms with van der Waals surface area (Å²) in [6, 6.07) is 20.9. The zero-order valence-electron chi connectivity index (χ0n) is 16.3. The molecule has 148 valence electrons. The molecule has 0 heterocycles. The normalized spacial score (nSPS) is 10.7. The number of ether oxygens (including phenoxy) is 2. The van der Waals surface area contributed by atoms with Gasteiger partial charge >= 0.3 is 0 Å². The smallest absolute Gasteiger partial charge is 0.248 e. The van der Waals surface area contributed by atoms with Gasteiger partial charge in [0.1, 0.15) is 6.61 Å². The van der Waals surface area contributed by atoms with Gasteiger partial charge in [0, 0.05) is 6.08 Å². The highest BCUT2D eigenvalue weighted by Crippen LogP contribution is 2.29. The molecule has 0 unspecified atom stereocenters. The molecule has 0 radical (unpaired) electrons. The van der Waals surface area contributed by atoms with Crippen molar-refractivity contribution < 1.29 is 14.3 Å². The number of hydrogen-bond donors (Lipinski definition) is 1. The van der Waals surface area contributed by atoms with Crippen molar-refractivity contribution >= 4 is 29.3 Å². The highest BCUT2D eigenvalue weighted by molar-refractivity contribution is 6.34. The molecular weight excluding hydrogens is 386 g/mol. The summed E-state index contributed by atoms with van der Waals surface area (Å²) in [5.74, 6) is 0.986. The van der Waals surface area contributed by atoms with Crippen molar-refractivity contribution in [3.63, 3.8) is 0 Å². The average Bonchev–Trinajstić information content (AvgIpc) is 2.74. The number of benzene rings is 3. The first-order valence-electron chi connectivity index (χ1n) is 9.16. The molecule has 0 aliphatic rings. The Morgan fingerprint density at radius 2 is 1.83 bits per heavy atom. The molecule has 4 nitrogen and oxygen atoms in total. The molecule has 0 saturated heterocycles. The standard InChI is InChI=1S/C24H22ClNO3/c1-17-7-6-10-20(25)24(17)26-23(27)14-12-18-11-13-21(22(15-18)28-2)29-16-19-8-4-3-5-9-19/h3-15H,16H2,1-2H3,(H,26,27)/b14-12+.